The van der Waals surface area contributed by atoms with Crippen LogP contribution in [0.5, 0.6) is 0 Å². The molecule has 0 atom stereocenters. The van der Waals surface area contributed by atoms with Crippen LogP contribution in [0.2, 0.25) is 0 Å². The van der Waals surface area contributed by atoms with Crippen molar-refractivity contribution in [3.05, 3.63) is 71.9 Å². The summed E-state index contributed by atoms with van der Waals surface area (Å²) in [5.41, 5.74) is 3.03. The number of carbonyl (C=O) groups is 2. The molecule has 1 amide bonds. The van der Waals surface area contributed by atoms with E-state index in [-0.39, 0.29) is 11.9 Å². The van der Waals surface area contributed by atoms with Crippen LogP contribution in [0.25, 0.3) is 10.9 Å². The molecule has 1 aliphatic heterocycles. The highest BCUT2D eigenvalue weighted by molar-refractivity contribution is 6.07. The molecule has 0 spiro atoms. The molecule has 1 saturated heterocycles. The van der Waals surface area contributed by atoms with E-state index < -0.39 is 0 Å². The first-order chi connectivity index (χ1) is 14.2. The smallest absolute Gasteiger partial charge is 0.305 e. The molecule has 150 valence electrons. The van der Waals surface area contributed by atoms with Gasteiger partial charge in [0.25, 0.3) is 5.91 Å². The highest BCUT2D eigenvalue weighted by Crippen LogP contribution is 2.27. The molecule has 3 aromatic rings. The number of hydrogen-bond donors (Lipinski definition) is 0. The van der Waals surface area contributed by atoms with E-state index in [1.807, 2.05) is 47.5 Å². The first-order valence-electron chi connectivity index (χ1n) is 10.1. The maximum Gasteiger partial charge on any atom is 0.305 e. The van der Waals surface area contributed by atoms with Gasteiger partial charge in [0.2, 0.25) is 0 Å². The Kier molecular flexibility index (Phi) is 5.65. The van der Waals surface area contributed by atoms with E-state index >= 15 is 0 Å². The number of aromatic nitrogens is 1. The zero-order chi connectivity index (χ0) is 20.2. The number of para-hydroxylation sites is 1. The van der Waals surface area contributed by atoms with E-state index in [1.54, 1.807) is 0 Å². The second-order valence-electron chi connectivity index (χ2n) is 7.69. The van der Waals surface area contributed by atoms with E-state index in [4.69, 9.17) is 4.74 Å². The first-order valence-corrected chi connectivity index (χ1v) is 10.1. The number of rotatable bonds is 5. The Morgan fingerprint density at radius 3 is 2.41 bits per heavy atom. The number of methoxy groups -OCH3 is 1. The summed E-state index contributed by atoms with van der Waals surface area (Å²) in [5, 5.41) is 0.991. The lowest BCUT2D eigenvalue weighted by Crippen LogP contribution is -2.38. The number of likely N-dealkylation sites (tertiary alicyclic amines) is 1. The van der Waals surface area contributed by atoms with E-state index in [0.29, 0.717) is 25.4 Å². The average molecular weight is 390 g/mol. The van der Waals surface area contributed by atoms with Crippen LogP contribution in [0.3, 0.4) is 0 Å². The molecule has 2 aromatic carbocycles. The number of fused-ring (bicyclic) bond motifs is 1. The lowest BCUT2D eigenvalue weighted by molar-refractivity contribution is -0.142. The van der Waals surface area contributed by atoms with E-state index in [9.17, 15) is 9.59 Å². The van der Waals surface area contributed by atoms with Gasteiger partial charge in [-0.3, -0.25) is 9.59 Å². The highest BCUT2D eigenvalue weighted by atomic mass is 16.5. The molecule has 1 fully saturated rings. The van der Waals surface area contributed by atoms with Gasteiger partial charge in [-0.15, -0.1) is 0 Å². The largest absolute Gasteiger partial charge is 0.469 e. The molecule has 1 aromatic heterocycles. The molecule has 0 N–H and O–H groups in total. The van der Waals surface area contributed by atoms with Gasteiger partial charge in [-0.05, 0) is 30.4 Å². The van der Waals surface area contributed by atoms with Gasteiger partial charge in [0.1, 0.15) is 0 Å². The van der Waals surface area contributed by atoms with Crippen LogP contribution < -0.4 is 0 Å². The van der Waals surface area contributed by atoms with Crippen LogP contribution in [0.15, 0.2) is 60.8 Å². The Hall–Kier alpha value is -3.08. The van der Waals surface area contributed by atoms with Crippen molar-refractivity contribution in [3.8, 4) is 0 Å². The molecule has 4 rings (SSSR count). The molecule has 0 unspecified atom stereocenters. The maximum atomic E-state index is 13.3. The van der Waals surface area contributed by atoms with Crippen molar-refractivity contribution in [1.82, 2.24) is 9.47 Å². The average Bonchev–Trinajstić information content (AvgIpc) is 3.13. The lowest BCUT2D eigenvalue weighted by Gasteiger charge is -2.31. The van der Waals surface area contributed by atoms with E-state index in [0.717, 1.165) is 35.9 Å². The van der Waals surface area contributed by atoms with Crippen LogP contribution >= 0.6 is 0 Å². The van der Waals surface area contributed by atoms with Crippen LogP contribution in [0, 0.1) is 5.92 Å². The van der Waals surface area contributed by atoms with Crippen LogP contribution in [0.4, 0.5) is 0 Å². The van der Waals surface area contributed by atoms with Crippen molar-refractivity contribution in [2.24, 2.45) is 5.92 Å². The predicted molar refractivity (Wildman–Crippen MR) is 113 cm³/mol. The summed E-state index contributed by atoms with van der Waals surface area (Å²) in [6.45, 7) is 2.09. The SMILES string of the molecule is COC(=O)CC1CCN(C(=O)c2cn(Cc3ccccc3)c3ccccc23)CC1. The minimum absolute atomic E-state index is 0.0736. The van der Waals surface area contributed by atoms with Gasteiger partial charge in [0.15, 0.2) is 0 Å². The maximum absolute atomic E-state index is 13.3. The van der Waals surface area contributed by atoms with E-state index in [1.165, 1.54) is 12.7 Å². The summed E-state index contributed by atoms with van der Waals surface area (Å²) in [6, 6.07) is 18.4. The quantitative estimate of drug-likeness (QED) is 0.616. The normalized spacial score (nSPS) is 14.9. The standard InChI is InChI=1S/C24H26N2O3/c1-29-23(27)15-18-11-13-25(14-12-18)24(28)21-17-26(16-19-7-3-2-4-8-19)22-10-6-5-9-20(21)22/h2-10,17-18H,11-16H2,1H3. The van der Waals surface area contributed by atoms with Gasteiger partial charge < -0.3 is 14.2 Å². The number of ether oxygens (including phenoxy) is 1. The zero-order valence-corrected chi connectivity index (χ0v) is 16.7. The summed E-state index contributed by atoms with van der Waals surface area (Å²) in [6.07, 6.45) is 4.10. The van der Waals surface area contributed by atoms with Crippen LogP contribution in [-0.4, -0.2) is 41.5 Å². The Labute approximate surface area is 170 Å². The summed E-state index contributed by atoms with van der Waals surface area (Å²) in [5.74, 6) is 0.203. The van der Waals surface area contributed by atoms with E-state index in [2.05, 4.69) is 22.8 Å². The number of carbonyl (C=O) groups excluding carboxylic acids is 2. The minimum Gasteiger partial charge on any atom is -0.469 e. The molecule has 5 heteroatoms. The molecule has 29 heavy (non-hydrogen) atoms. The molecule has 1 aliphatic rings. The molecular weight excluding hydrogens is 364 g/mol. The fourth-order valence-electron chi connectivity index (χ4n) is 4.16. The summed E-state index contributed by atoms with van der Waals surface area (Å²) >= 11 is 0. The number of esters is 1. The Balaban J connectivity index is 1.53. The van der Waals surface area contributed by atoms with Gasteiger partial charge in [-0.1, -0.05) is 48.5 Å². The van der Waals surface area contributed by atoms with Gasteiger partial charge in [0.05, 0.1) is 12.7 Å². The lowest BCUT2D eigenvalue weighted by atomic mass is 9.93. The number of nitrogens with zero attached hydrogens (tertiary/aromatic N) is 2. The number of benzene rings is 2. The molecule has 0 aliphatic carbocycles. The third-order valence-corrected chi connectivity index (χ3v) is 5.80. The number of amides is 1. The topological polar surface area (TPSA) is 51.5 Å². The fraction of sp³-hybridized carbons (Fsp3) is 0.333. The number of piperidine rings is 1. The van der Waals surface area contributed by atoms with Crippen molar-refractivity contribution in [2.75, 3.05) is 20.2 Å². The van der Waals surface area contributed by atoms with Gasteiger partial charge in [-0.25, -0.2) is 0 Å². The minimum atomic E-state index is -0.168. The zero-order valence-electron chi connectivity index (χ0n) is 16.7. The summed E-state index contributed by atoms with van der Waals surface area (Å²) in [4.78, 5) is 26.7. The predicted octanol–water partition coefficient (Wildman–Crippen LogP) is 4.10. The van der Waals surface area contributed by atoms with Crippen molar-refractivity contribution >= 4 is 22.8 Å². The fourth-order valence-corrected chi connectivity index (χ4v) is 4.16. The van der Waals surface area contributed by atoms with Gasteiger partial charge in [-0.2, -0.15) is 0 Å². The van der Waals surface area contributed by atoms with Crippen LogP contribution in [-0.2, 0) is 16.1 Å². The first kappa shape index (κ1) is 19.2. The third kappa shape index (κ3) is 4.19. The van der Waals surface area contributed by atoms with Crippen molar-refractivity contribution < 1.29 is 14.3 Å². The Morgan fingerprint density at radius 2 is 1.69 bits per heavy atom. The van der Waals surface area contributed by atoms with Gasteiger partial charge in [0, 0.05) is 43.2 Å². The Morgan fingerprint density at radius 1 is 1.00 bits per heavy atom. The third-order valence-electron chi connectivity index (χ3n) is 5.80. The Bertz CT molecular complexity index is 1000. The molecular formula is C24H26N2O3. The highest BCUT2D eigenvalue weighted by Gasteiger charge is 2.27. The summed E-state index contributed by atoms with van der Waals surface area (Å²) in [7, 11) is 1.42. The van der Waals surface area contributed by atoms with Gasteiger partial charge >= 0.3 is 5.97 Å². The molecule has 2 heterocycles. The van der Waals surface area contributed by atoms with Crippen molar-refractivity contribution in [3.63, 3.8) is 0 Å². The molecule has 0 radical (unpaired) electrons. The molecule has 0 bridgehead atoms. The monoisotopic (exact) mass is 390 g/mol. The molecule has 5 nitrogen and oxygen atoms in total. The van der Waals surface area contributed by atoms with Crippen LogP contribution in [0.1, 0.15) is 35.2 Å². The van der Waals surface area contributed by atoms with Crippen molar-refractivity contribution in [2.45, 2.75) is 25.8 Å². The van der Waals surface area contributed by atoms with Crippen molar-refractivity contribution in [1.29, 1.82) is 0 Å². The summed E-state index contributed by atoms with van der Waals surface area (Å²) < 4.78 is 6.93. The second-order valence-corrected chi connectivity index (χ2v) is 7.69. The second kappa shape index (κ2) is 8.52. The number of hydrogen-bond acceptors (Lipinski definition) is 3. The molecule has 0 saturated carbocycles.